The highest BCUT2D eigenvalue weighted by Crippen LogP contribution is 2.17. The molecule has 1 atom stereocenters. The Morgan fingerprint density at radius 2 is 2.00 bits per heavy atom. The predicted molar refractivity (Wildman–Crippen MR) is 44.1 cm³/mol. The molecular weight excluding hydrogens is 142 g/mol. The van der Waals surface area contributed by atoms with E-state index in [-0.39, 0.29) is 17.4 Å². The lowest BCUT2D eigenvalue weighted by Crippen LogP contribution is -2.42. The number of carbonyl (C=O) groups is 1. The van der Waals surface area contributed by atoms with Crippen LogP contribution in [0.3, 0.4) is 0 Å². The van der Waals surface area contributed by atoms with Crippen molar-refractivity contribution in [3.05, 3.63) is 0 Å². The van der Waals surface area contributed by atoms with E-state index in [9.17, 15) is 4.79 Å². The van der Waals surface area contributed by atoms with Gasteiger partial charge in [-0.3, -0.25) is 4.79 Å². The maximum atomic E-state index is 10.7. The molecule has 0 aromatic carbocycles. The third-order valence-corrected chi connectivity index (χ3v) is 1.82. The monoisotopic (exact) mass is 159 g/mol. The molecule has 66 valence electrons. The van der Waals surface area contributed by atoms with Crippen LogP contribution in [-0.2, 0) is 4.79 Å². The molecule has 0 aliphatic carbocycles. The highest BCUT2D eigenvalue weighted by molar-refractivity contribution is 5.77. The van der Waals surface area contributed by atoms with E-state index in [0.717, 1.165) is 0 Å². The molecular formula is C8H17NO2. The van der Waals surface area contributed by atoms with E-state index in [4.69, 9.17) is 5.11 Å². The average molecular weight is 159 g/mol. The molecule has 0 spiro atoms. The second-order valence-corrected chi connectivity index (χ2v) is 3.81. The normalized spacial score (nSPS) is 14.3. The first-order valence-electron chi connectivity index (χ1n) is 3.78. The Bertz CT molecular complexity index is 138. The third kappa shape index (κ3) is 3.98. The molecule has 11 heavy (non-hydrogen) atoms. The molecule has 0 radical (unpaired) electrons. The molecule has 3 nitrogen and oxygen atoms in total. The molecule has 0 saturated heterocycles. The van der Waals surface area contributed by atoms with Gasteiger partial charge in [-0.05, 0) is 12.3 Å². The van der Waals surface area contributed by atoms with Crippen LogP contribution < -0.4 is 5.32 Å². The van der Waals surface area contributed by atoms with Crippen LogP contribution in [0.15, 0.2) is 0 Å². The van der Waals surface area contributed by atoms with Crippen molar-refractivity contribution in [1.82, 2.24) is 5.32 Å². The minimum atomic E-state index is -0.430. The van der Waals surface area contributed by atoms with E-state index in [1.165, 1.54) is 0 Å². The smallest absolute Gasteiger partial charge is 0.245 e. The average Bonchev–Trinajstić information content (AvgIpc) is 1.85. The van der Waals surface area contributed by atoms with Crippen molar-refractivity contribution in [2.24, 2.45) is 5.41 Å². The van der Waals surface area contributed by atoms with Gasteiger partial charge in [0.2, 0.25) is 5.91 Å². The standard InChI is InChI=1S/C8H17NO2/c1-6(8(2,3)4)9-7(11)5-10/h6,10H,5H2,1-4H3,(H,9,11). The summed E-state index contributed by atoms with van der Waals surface area (Å²) in [5.41, 5.74) is 0.0465. The molecule has 0 rings (SSSR count). The van der Waals surface area contributed by atoms with Crippen LogP contribution in [0, 0.1) is 5.41 Å². The SMILES string of the molecule is CC(NC(=O)CO)C(C)(C)C. The molecule has 1 amide bonds. The minimum Gasteiger partial charge on any atom is -0.387 e. The number of aliphatic hydroxyl groups excluding tert-OH is 1. The zero-order valence-corrected chi connectivity index (χ0v) is 7.64. The largest absolute Gasteiger partial charge is 0.387 e. The van der Waals surface area contributed by atoms with Gasteiger partial charge in [0.05, 0.1) is 0 Å². The van der Waals surface area contributed by atoms with Gasteiger partial charge in [-0.25, -0.2) is 0 Å². The van der Waals surface area contributed by atoms with E-state index in [1.54, 1.807) is 0 Å². The number of nitrogens with one attached hydrogen (secondary N) is 1. The first kappa shape index (κ1) is 10.4. The summed E-state index contributed by atoms with van der Waals surface area (Å²) < 4.78 is 0. The van der Waals surface area contributed by atoms with Crippen molar-refractivity contribution in [2.75, 3.05) is 6.61 Å². The molecule has 2 N–H and O–H groups in total. The fraction of sp³-hybridized carbons (Fsp3) is 0.875. The molecule has 3 heteroatoms. The molecule has 0 aromatic heterocycles. The summed E-state index contributed by atoms with van der Waals surface area (Å²) in [5, 5.41) is 11.1. The Morgan fingerprint density at radius 3 is 2.27 bits per heavy atom. The number of rotatable bonds is 2. The lowest BCUT2D eigenvalue weighted by molar-refractivity contribution is -0.125. The van der Waals surface area contributed by atoms with Crippen LogP contribution in [0.25, 0.3) is 0 Å². The molecule has 0 aromatic rings. The predicted octanol–water partition coefficient (Wildman–Crippen LogP) is 0.529. The second kappa shape index (κ2) is 3.72. The molecule has 0 saturated carbocycles. The van der Waals surface area contributed by atoms with Gasteiger partial charge in [0.25, 0.3) is 0 Å². The Morgan fingerprint density at radius 1 is 1.55 bits per heavy atom. The summed E-state index contributed by atoms with van der Waals surface area (Å²) >= 11 is 0. The summed E-state index contributed by atoms with van der Waals surface area (Å²) in [6, 6.07) is 0.0853. The van der Waals surface area contributed by atoms with E-state index in [0.29, 0.717) is 0 Å². The van der Waals surface area contributed by atoms with Gasteiger partial charge >= 0.3 is 0 Å². The number of hydrogen-bond acceptors (Lipinski definition) is 2. The molecule has 0 aliphatic rings. The summed E-state index contributed by atoms with van der Waals surface area (Å²) in [6.07, 6.45) is 0. The lowest BCUT2D eigenvalue weighted by atomic mass is 9.88. The van der Waals surface area contributed by atoms with Gasteiger partial charge in [0.15, 0.2) is 0 Å². The van der Waals surface area contributed by atoms with E-state index in [1.807, 2.05) is 27.7 Å². The van der Waals surface area contributed by atoms with Gasteiger partial charge < -0.3 is 10.4 Å². The third-order valence-electron chi connectivity index (χ3n) is 1.82. The highest BCUT2D eigenvalue weighted by atomic mass is 16.3. The number of hydrogen-bond donors (Lipinski definition) is 2. The van der Waals surface area contributed by atoms with Gasteiger partial charge in [0, 0.05) is 6.04 Å². The maximum absolute atomic E-state index is 10.7. The molecule has 0 aliphatic heterocycles. The zero-order valence-electron chi connectivity index (χ0n) is 7.64. The van der Waals surface area contributed by atoms with Crippen LogP contribution in [0.4, 0.5) is 0 Å². The van der Waals surface area contributed by atoms with Gasteiger partial charge in [0.1, 0.15) is 6.61 Å². The van der Waals surface area contributed by atoms with Gasteiger partial charge in [-0.15, -0.1) is 0 Å². The van der Waals surface area contributed by atoms with Crippen LogP contribution in [0.2, 0.25) is 0 Å². The zero-order chi connectivity index (χ0) is 9.07. The Kier molecular flexibility index (Phi) is 3.52. The van der Waals surface area contributed by atoms with Crippen LogP contribution in [0.5, 0.6) is 0 Å². The number of carbonyl (C=O) groups excluding carboxylic acids is 1. The second-order valence-electron chi connectivity index (χ2n) is 3.81. The maximum Gasteiger partial charge on any atom is 0.245 e. The summed E-state index contributed by atoms with van der Waals surface area (Å²) in [5.74, 6) is -0.313. The lowest BCUT2D eigenvalue weighted by Gasteiger charge is -2.27. The van der Waals surface area contributed by atoms with E-state index >= 15 is 0 Å². The fourth-order valence-corrected chi connectivity index (χ4v) is 0.504. The van der Waals surface area contributed by atoms with Crippen molar-refractivity contribution in [3.8, 4) is 0 Å². The number of amides is 1. The quantitative estimate of drug-likeness (QED) is 0.617. The first-order chi connectivity index (χ1) is 4.88. The highest BCUT2D eigenvalue weighted by Gasteiger charge is 2.20. The van der Waals surface area contributed by atoms with Crippen molar-refractivity contribution in [2.45, 2.75) is 33.7 Å². The summed E-state index contributed by atoms with van der Waals surface area (Å²) in [6.45, 7) is 7.61. The summed E-state index contributed by atoms with van der Waals surface area (Å²) in [4.78, 5) is 10.7. The Balaban J connectivity index is 3.87. The Labute approximate surface area is 67.8 Å². The van der Waals surface area contributed by atoms with E-state index < -0.39 is 6.61 Å². The van der Waals surface area contributed by atoms with Gasteiger partial charge in [-0.1, -0.05) is 20.8 Å². The van der Waals surface area contributed by atoms with Crippen molar-refractivity contribution >= 4 is 5.91 Å². The molecule has 0 bridgehead atoms. The molecule has 0 heterocycles. The minimum absolute atomic E-state index is 0.0465. The van der Waals surface area contributed by atoms with E-state index in [2.05, 4.69) is 5.32 Å². The fourth-order valence-electron chi connectivity index (χ4n) is 0.504. The van der Waals surface area contributed by atoms with Crippen LogP contribution in [0.1, 0.15) is 27.7 Å². The Hall–Kier alpha value is -0.570. The van der Waals surface area contributed by atoms with Crippen LogP contribution >= 0.6 is 0 Å². The van der Waals surface area contributed by atoms with Crippen molar-refractivity contribution in [1.29, 1.82) is 0 Å². The molecule has 0 fully saturated rings. The van der Waals surface area contributed by atoms with Crippen LogP contribution in [-0.4, -0.2) is 23.7 Å². The summed E-state index contributed by atoms with van der Waals surface area (Å²) in [7, 11) is 0. The molecule has 1 unspecified atom stereocenters. The topological polar surface area (TPSA) is 49.3 Å². The van der Waals surface area contributed by atoms with Crippen molar-refractivity contribution in [3.63, 3.8) is 0 Å². The van der Waals surface area contributed by atoms with Gasteiger partial charge in [-0.2, -0.15) is 0 Å². The van der Waals surface area contributed by atoms with Crippen molar-refractivity contribution < 1.29 is 9.90 Å². The number of aliphatic hydroxyl groups is 1. The first-order valence-corrected chi connectivity index (χ1v) is 3.78.